The highest BCUT2D eigenvalue weighted by Crippen LogP contribution is 2.24. The molecule has 0 saturated heterocycles. The highest BCUT2D eigenvalue weighted by Gasteiger charge is 2.09. The molecule has 2 aromatic rings. The minimum atomic E-state index is 0.520. The standard InChI is InChI=1S/C16H18N4O/c1-10-6-15(14(8-17)11(2)20-10)19-9-12-7-13(18)4-5-16(12)21-3/h4-7H,9,18H2,1-3H3,(H,19,20). The molecular weight excluding hydrogens is 264 g/mol. The number of nitrogens with one attached hydrogen (secondary N) is 1. The van der Waals surface area contributed by atoms with Gasteiger partial charge < -0.3 is 15.8 Å². The van der Waals surface area contributed by atoms with Gasteiger partial charge in [0.05, 0.1) is 24.1 Å². The molecule has 0 saturated carbocycles. The second kappa shape index (κ2) is 6.14. The molecule has 0 unspecified atom stereocenters. The van der Waals surface area contributed by atoms with Gasteiger partial charge in [0, 0.05) is 23.5 Å². The summed E-state index contributed by atoms with van der Waals surface area (Å²) in [6.07, 6.45) is 0. The highest BCUT2D eigenvalue weighted by molar-refractivity contribution is 5.60. The van der Waals surface area contributed by atoms with Gasteiger partial charge in [-0.15, -0.1) is 0 Å². The molecule has 2 rings (SSSR count). The van der Waals surface area contributed by atoms with Gasteiger partial charge in [0.1, 0.15) is 11.8 Å². The number of nitrogens with two attached hydrogens (primary N) is 1. The molecule has 0 atom stereocenters. The summed E-state index contributed by atoms with van der Waals surface area (Å²) in [6, 6.07) is 9.54. The topological polar surface area (TPSA) is 84.0 Å². The number of aryl methyl sites for hydroxylation is 2. The predicted molar refractivity (Wildman–Crippen MR) is 83.2 cm³/mol. The minimum Gasteiger partial charge on any atom is -0.496 e. The van der Waals surface area contributed by atoms with Crippen molar-refractivity contribution in [2.45, 2.75) is 20.4 Å². The van der Waals surface area contributed by atoms with Crippen molar-refractivity contribution in [2.24, 2.45) is 0 Å². The Balaban J connectivity index is 2.29. The van der Waals surface area contributed by atoms with Crippen molar-refractivity contribution in [1.82, 2.24) is 4.98 Å². The summed E-state index contributed by atoms with van der Waals surface area (Å²) >= 11 is 0. The Morgan fingerprint density at radius 3 is 2.76 bits per heavy atom. The number of aromatic nitrogens is 1. The van der Waals surface area contributed by atoms with E-state index in [1.54, 1.807) is 13.2 Å². The largest absolute Gasteiger partial charge is 0.496 e. The molecule has 1 heterocycles. The summed E-state index contributed by atoms with van der Waals surface area (Å²) in [7, 11) is 1.62. The van der Waals surface area contributed by atoms with E-state index < -0.39 is 0 Å². The molecule has 108 valence electrons. The van der Waals surface area contributed by atoms with E-state index in [0.717, 1.165) is 28.4 Å². The minimum absolute atomic E-state index is 0.520. The summed E-state index contributed by atoms with van der Waals surface area (Å²) < 4.78 is 5.32. The Bertz CT molecular complexity index is 704. The van der Waals surface area contributed by atoms with E-state index in [-0.39, 0.29) is 0 Å². The van der Waals surface area contributed by atoms with Crippen LogP contribution in [0.5, 0.6) is 5.75 Å². The van der Waals surface area contributed by atoms with Crippen LogP contribution in [0.2, 0.25) is 0 Å². The number of ether oxygens (including phenoxy) is 1. The van der Waals surface area contributed by atoms with E-state index in [9.17, 15) is 5.26 Å². The molecule has 5 heteroatoms. The van der Waals surface area contributed by atoms with Gasteiger partial charge in [0.25, 0.3) is 0 Å². The molecule has 0 aliphatic heterocycles. The van der Waals surface area contributed by atoms with Crippen LogP contribution in [-0.2, 0) is 6.54 Å². The number of nitrogens with zero attached hydrogens (tertiary/aromatic N) is 2. The van der Waals surface area contributed by atoms with Crippen LogP contribution in [0.4, 0.5) is 11.4 Å². The zero-order valence-electron chi connectivity index (χ0n) is 12.4. The smallest absolute Gasteiger partial charge is 0.123 e. The van der Waals surface area contributed by atoms with E-state index in [4.69, 9.17) is 10.5 Å². The summed E-state index contributed by atoms with van der Waals surface area (Å²) in [6.45, 7) is 4.25. The van der Waals surface area contributed by atoms with Crippen molar-refractivity contribution < 1.29 is 4.74 Å². The van der Waals surface area contributed by atoms with Crippen molar-refractivity contribution in [3.05, 3.63) is 46.8 Å². The summed E-state index contributed by atoms with van der Waals surface area (Å²) in [5.74, 6) is 0.762. The van der Waals surface area contributed by atoms with Crippen LogP contribution in [0.25, 0.3) is 0 Å². The average Bonchev–Trinajstić information content (AvgIpc) is 2.44. The Morgan fingerprint density at radius 2 is 2.10 bits per heavy atom. The third-order valence-electron chi connectivity index (χ3n) is 3.21. The van der Waals surface area contributed by atoms with Gasteiger partial charge in [-0.25, -0.2) is 0 Å². The SMILES string of the molecule is COc1ccc(N)cc1CNc1cc(C)nc(C)c1C#N. The highest BCUT2D eigenvalue weighted by atomic mass is 16.5. The number of anilines is 2. The molecule has 0 radical (unpaired) electrons. The van der Waals surface area contributed by atoms with Crippen LogP contribution in [-0.4, -0.2) is 12.1 Å². The van der Waals surface area contributed by atoms with E-state index in [1.165, 1.54) is 0 Å². The van der Waals surface area contributed by atoms with Crippen LogP contribution >= 0.6 is 0 Å². The van der Waals surface area contributed by atoms with Crippen LogP contribution in [0.15, 0.2) is 24.3 Å². The molecule has 0 spiro atoms. The van der Waals surface area contributed by atoms with Crippen molar-refractivity contribution in [1.29, 1.82) is 5.26 Å². The number of methoxy groups -OCH3 is 1. The molecule has 5 nitrogen and oxygen atoms in total. The molecule has 3 N–H and O–H groups in total. The van der Waals surface area contributed by atoms with Gasteiger partial charge in [-0.05, 0) is 38.1 Å². The fourth-order valence-corrected chi connectivity index (χ4v) is 2.24. The summed E-state index contributed by atoms with van der Waals surface area (Å²) in [5, 5.41) is 12.5. The fourth-order valence-electron chi connectivity index (χ4n) is 2.24. The first-order valence-electron chi connectivity index (χ1n) is 6.59. The van der Waals surface area contributed by atoms with Gasteiger partial charge in [-0.2, -0.15) is 5.26 Å². The average molecular weight is 282 g/mol. The second-order valence-corrected chi connectivity index (χ2v) is 4.81. The van der Waals surface area contributed by atoms with Crippen LogP contribution in [0.3, 0.4) is 0 Å². The first-order valence-corrected chi connectivity index (χ1v) is 6.59. The lowest BCUT2D eigenvalue weighted by molar-refractivity contribution is 0.410. The Labute approximate surface area is 124 Å². The number of benzene rings is 1. The van der Waals surface area contributed by atoms with Crippen molar-refractivity contribution in [3.63, 3.8) is 0 Å². The van der Waals surface area contributed by atoms with Crippen LogP contribution < -0.4 is 15.8 Å². The van der Waals surface area contributed by atoms with Gasteiger partial charge in [-0.1, -0.05) is 0 Å². The van der Waals surface area contributed by atoms with Gasteiger partial charge in [0.15, 0.2) is 0 Å². The van der Waals surface area contributed by atoms with E-state index in [2.05, 4.69) is 16.4 Å². The molecule has 1 aromatic heterocycles. The Morgan fingerprint density at radius 1 is 1.33 bits per heavy atom. The maximum Gasteiger partial charge on any atom is 0.123 e. The Kier molecular flexibility index (Phi) is 4.29. The number of rotatable bonds is 4. The third-order valence-corrected chi connectivity index (χ3v) is 3.21. The van der Waals surface area contributed by atoms with Crippen molar-refractivity contribution >= 4 is 11.4 Å². The van der Waals surface area contributed by atoms with Gasteiger partial charge >= 0.3 is 0 Å². The number of nitriles is 1. The third kappa shape index (κ3) is 3.23. The molecule has 0 fully saturated rings. The first kappa shape index (κ1) is 14.7. The lowest BCUT2D eigenvalue weighted by Crippen LogP contribution is -2.06. The normalized spacial score (nSPS) is 10.0. The molecule has 0 bridgehead atoms. The van der Waals surface area contributed by atoms with Crippen LogP contribution in [0, 0.1) is 25.2 Å². The first-order chi connectivity index (χ1) is 10.0. The van der Waals surface area contributed by atoms with Crippen molar-refractivity contribution in [3.8, 4) is 11.8 Å². The molecule has 0 amide bonds. The molecule has 0 aliphatic rings. The maximum atomic E-state index is 9.26. The number of pyridine rings is 1. The number of hydrogen-bond donors (Lipinski definition) is 2. The summed E-state index contributed by atoms with van der Waals surface area (Å²) in [4.78, 5) is 4.30. The fraction of sp³-hybridized carbons (Fsp3) is 0.250. The van der Waals surface area contributed by atoms with Gasteiger partial charge in [-0.3, -0.25) is 4.98 Å². The Hall–Kier alpha value is -2.74. The maximum absolute atomic E-state index is 9.26. The lowest BCUT2D eigenvalue weighted by Gasteiger charge is -2.13. The lowest BCUT2D eigenvalue weighted by atomic mass is 10.1. The predicted octanol–water partition coefficient (Wildman–Crippen LogP) is 2.77. The van der Waals surface area contributed by atoms with Gasteiger partial charge in [0.2, 0.25) is 0 Å². The molecule has 21 heavy (non-hydrogen) atoms. The molecule has 1 aromatic carbocycles. The number of hydrogen-bond acceptors (Lipinski definition) is 5. The van der Waals surface area contributed by atoms with E-state index in [0.29, 0.717) is 17.8 Å². The van der Waals surface area contributed by atoms with E-state index in [1.807, 2.05) is 32.0 Å². The molecular formula is C16H18N4O. The monoisotopic (exact) mass is 282 g/mol. The zero-order chi connectivity index (χ0) is 15.4. The molecule has 0 aliphatic carbocycles. The van der Waals surface area contributed by atoms with E-state index >= 15 is 0 Å². The zero-order valence-corrected chi connectivity index (χ0v) is 12.4. The summed E-state index contributed by atoms with van der Waals surface area (Å²) in [5.41, 5.74) is 10.3. The van der Waals surface area contributed by atoms with Crippen LogP contribution in [0.1, 0.15) is 22.5 Å². The second-order valence-electron chi connectivity index (χ2n) is 4.81. The number of nitrogen functional groups attached to an aromatic ring is 1. The van der Waals surface area contributed by atoms with Crippen molar-refractivity contribution in [2.75, 3.05) is 18.2 Å². The quantitative estimate of drug-likeness (QED) is 0.842.